The van der Waals surface area contributed by atoms with Crippen LogP contribution in [0.2, 0.25) is 5.02 Å². The number of halogens is 4. The van der Waals surface area contributed by atoms with Crippen molar-refractivity contribution in [2.75, 3.05) is 37.0 Å². The van der Waals surface area contributed by atoms with Gasteiger partial charge in [0.25, 0.3) is 5.91 Å². The summed E-state index contributed by atoms with van der Waals surface area (Å²) in [4.78, 5) is 26.6. The van der Waals surface area contributed by atoms with Gasteiger partial charge in [-0.25, -0.2) is 9.97 Å². The smallest absolute Gasteiger partial charge is 0.416 e. The highest BCUT2D eigenvalue weighted by atomic mass is 35.5. The molecular weight excluding hydrogens is 473 g/mol. The van der Waals surface area contributed by atoms with Crippen molar-refractivity contribution in [3.8, 4) is 5.75 Å². The largest absolute Gasteiger partial charge is 0.493 e. The molecule has 2 N–H and O–H groups in total. The van der Waals surface area contributed by atoms with Crippen LogP contribution in [-0.4, -0.2) is 47.6 Å². The number of nitrogens with zero attached hydrogens (tertiary/aromatic N) is 4. The van der Waals surface area contributed by atoms with E-state index in [1.54, 1.807) is 18.2 Å². The molecule has 0 bridgehead atoms. The van der Waals surface area contributed by atoms with E-state index in [2.05, 4.69) is 25.6 Å². The summed E-state index contributed by atoms with van der Waals surface area (Å²) in [5.41, 5.74) is 0.200. The highest BCUT2D eigenvalue weighted by Gasteiger charge is 2.31. The molecule has 12 heteroatoms. The minimum absolute atomic E-state index is 0.182. The maximum absolute atomic E-state index is 12.6. The van der Waals surface area contributed by atoms with Crippen LogP contribution in [0.3, 0.4) is 0 Å². The Bertz CT molecular complexity index is 1170. The van der Waals surface area contributed by atoms with Crippen molar-refractivity contribution in [2.45, 2.75) is 6.18 Å². The van der Waals surface area contributed by atoms with Crippen molar-refractivity contribution >= 4 is 35.1 Å². The lowest BCUT2D eigenvalue weighted by atomic mass is 10.0. The van der Waals surface area contributed by atoms with Gasteiger partial charge in [0.15, 0.2) is 0 Å². The first-order chi connectivity index (χ1) is 16.2. The number of nitrogens with one attached hydrogen (secondary N) is 2. The normalized spacial score (nSPS) is 13.9. The first kappa shape index (κ1) is 23.6. The van der Waals surface area contributed by atoms with E-state index in [1.807, 2.05) is 4.90 Å². The number of benzene rings is 2. The molecule has 1 aliphatic heterocycles. The lowest BCUT2D eigenvalue weighted by Gasteiger charge is -2.38. The van der Waals surface area contributed by atoms with E-state index in [4.69, 9.17) is 16.3 Å². The first-order valence-electron chi connectivity index (χ1n) is 10.3. The van der Waals surface area contributed by atoms with Crippen molar-refractivity contribution in [3.63, 3.8) is 0 Å². The molecule has 178 valence electrons. The zero-order valence-electron chi connectivity index (χ0n) is 17.9. The summed E-state index contributed by atoms with van der Waals surface area (Å²) in [5.74, 6) is 1.04. The molecule has 2 aromatic carbocycles. The number of alkyl halides is 3. The zero-order chi connectivity index (χ0) is 24.3. The molecule has 0 spiro atoms. The minimum atomic E-state index is -4.37. The van der Waals surface area contributed by atoms with E-state index >= 15 is 0 Å². The van der Waals surface area contributed by atoms with E-state index in [0.717, 1.165) is 12.1 Å². The highest BCUT2D eigenvalue weighted by molar-refractivity contribution is 6.34. The van der Waals surface area contributed by atoms with E-state index in [0.29, 0.717) is 53.6 Å². The number of carbonyl (C=O) groups is 1. The Morgan fingerprint density at radius 2 is 1.91 bits per heavy atom. The summed E-state index contributed by atoms with van der Waals surface area (Å²) in [6.45, 7) is 1.63. The topological polar surface area (TPSA) is 92.3 Å². The number of rotatable bonds is 7. The number of aromatic nitrogens is 3. The molecule has 34 heavy (non-hydrogen) atoms. The van der Waals surface area contributed by atoms with Crippen molar-refractivity contribution in [3.05, 3.63) is 64.9 Å². The third kappa shape index (κ3) is 5.48. The maximum Gasteiger partial charge on any atom is 0.416 e. The fraction of sp³-hybridized carbons (Fsp3) is 0.273. The van der Waals surface area contributed by atoms with Crippen LogP contribution in [0.25, 0.3) is 0 Å². The molecule has 3 aromatic rings. The molecule has 1 saturated heterocycles. The Labute approximate surface area is 198 Å². The van der Waals surface area contributed by atoms with Crippen molar-refractivity contribution in [2.24, 2.45) is 5.92 Å². The van der Waals surface area contributed by atoms with Gasteiger partial charge in [0.2, 0.25) is 11.9 Å². The summed E-state index contributed by atoms with van der Waals surface area (Å²) >= 11 is 6.08. The van der Waals surface area contributed by atoms with E-state index < -0.39 is 11.7 Å². The van der Waals surface area contributed by atoms with Gasteiger partial charge in [-0.15, -0.1) is 0 Å². The number of anilines is 3. The molecule has 4 rings (SSSR count). The third-order valence-corrected chi connectivity index (χ3v) is 5.49. The van der Waals surface area contributed by atoms with Crippen LogP contribution in [0.1, 0.15) is 15.9 Å². The second kappa shape index (κ2) is 9.72. The maximum atomic E-state index is 12.6. The Morgan fingerprint density at radius 3 is 2.59 bits per heavy atom. The van der Waals surface area contributed by atoms with Gasteiger partial charge in [0, 0.05) is 31.7 Å². The van der Waals surface area contributed by atoms with Crippen LogP contribution in [0.5, 0.6) is 5.75 Å². The highest BCUT2D eigenvalue weighted by Crippen LogP contribution is 2.31. The van der Waals surface area contributed by atoms with Crippen LogP contribution >= 0.6 is 11.6 Å². The monoisotopic (exact) mass is 492 g/mol. The Kier molecular flexibility index (Phi) is 6.73. The van der Waals surface area contributed by atoms with Gasteiger partial charge in [0.1, 0.15) is 12.1 Å². The second-order valence-corrected chi connectivity index (χ2v) is 8.02. The van der Waals surface area contributed by atoms with E-state index in [9.17, 15) is 18.0 Å². The van der Waals surface area contributed by atoms with Gasteiger partial charge in [-0.1, -0.05) is 11.6 Å². The molecule has 1 amide bonds. The molecule has 2 heterocycles. The average molecular weight is 493 g/mol. The zero-order valence-corrected chi connectivity index (χ0v) is 18.7. The SMILES string of the molecule is CNC(=O)c1cc(Nc2ncnc(N3CC(COc4ccc(C(F)(F)F)cc4)C3)n2)ccc1Cl. The van der Waals surface area contributed by atoms with Crippen molar-refractivity contribution in [1.82, 2.24) is 20.3 Å². The predicted octanol–water partition coefficient (Wildman–Crippen LogP) is 4.16. The third-order valence-electron chi connectivity index (χ3n) is 5.16. The minimum Gasteiger partial charge on any atom is -0.493 e. The molecule has 1 fully saturated rings. The molecule has 1 aromatic heterocycles. The second-order valence-electron chi connectivity index (χ2n) is 7.61. The summed E-state index contributed by atoms with van der Waals surface area (Å²) in [6, 6.07) is 9.54. The van der Waals surface area contributed by atoms with Crippen LogP contribution in [0.15, 0.2) is 48.8 Å². The summed E-state index contributed by atoms with van der Waals surface area (Å²) in [7, 11) is 1.52. The lowest BCUT2D eigenvalue weighted by Crippen LogP contribution is -2.50. The summed E-state index contributed by atoms with van der Waals surface area (Å²) < 4.78 is 43.5. The summed E-state index contributed by atoms with van der Waals surface area (Å²) in [6.07, 6.45) is -2.99. The van der Waals surface area contributed by atoms with Crippen molar-refractivity contribution < 1.29 is 22.7 Å². The van der Waals surface area contributed by atoms with Crippen LogP contribution in [0, 0.1) is 5.92 Å². The van der Waals surface area contributed by atoms with Gasteiger partial charge >= 0.3 is 6.18 Å². The fourth-order valence-corrected chi connectivity index (χ4v) is 3.54. The fourth-order valence-electron chi connectivity index (χ4n) is 3.33. The number of hydrogen-bond acceptors (Lipinski definition) is 7. The number of ether oxygens (including phenoxy) is 1. The van der Waals surface area contributed by atoms with Gasteiger partial charge in [0.05, 0.1) is 22.8 Å². The lowest BCUT2D eigenvalue weighted by molar-refractivity contribution is -0.137. The predicted molar refractivity (Wildman–Crippen MR) is 121 cm³/mol. The Hall–Kier alpha value is -3.60. The Morgan fingerprint density at radius 1 is 1.18 bits per heavy atom. The van der Waals surface area contributed by atoms with Crippen LogP contribution in [0.4, 0.5) is 30.8 Å². The van der Waals surface area contributed by atoms with E-state index in [-0.39, 0.29) is 11.8 Å². The standard InChI is InChI=1S/C22H20ClF3N6O2/c1-27-19(33)17-8-15(4-7-18(17)23)30-20-28-12-29-21(31-20)32-9-13(10-32)11-34-16-5-2-14(3-6-16)22(24,25)26/h2-8,12-13H,9-11H2,1H3,(H,27,33)(H,28,29,30,31). The number of carbonyl (C=O) groups excluding carboxylic acids is 1. The van der Waals surface area contributed by atoms with Crippen LogP contribution in [-0.2, 0) is 6.18 Å². The molecule has 0 aliphatic carbocycles. The Balaban J connectivity index is 1.31. The molecule has 1 aliphatic rings. The molecule has 0 unspecified atom stereocenters. The molecule has 8 nitrogen and oxygen atoms in total. The molecule has 0 atom stereocenters. The average Bonchev–Trinajstić information content (AvgIpc) is 2.79. The van der Waals surface area contributed by atoms with Gasteiger partial charge < -0.3 is 20.3 Å². The number of amides is 1. The van der Waals surface area contributed by atoms with Gasteiger partial charge in [-0.3, -0.25) is 4.79 Å². The van der Waals surface area contributed by atoms with Crippen molar-refractivity contribution in [1.29, 1.82) is 0 Å². The van der Waals surface area contributed by atoms with Gasteiger partial charge in [-0.2, -0.15) is 18.2 Å². The van der Waals surface area contributed by atoms with Crippen LogP contribution < -0.4 is 20.3 Å². The molecule has 0 saturated carbocycles. The van der Waals surface area contributed by atoms with E-state index in [1.165, 1.54) is 25.5 Å². The quantitative estimate of drug-likeness (QED) is 0.511. The van der Waals surface area contributed by atoms with Gasteiger partial charge in [-0.05, 0) is 42.5 Å². The first-order valence-corrected chi connectivity index (χ1v) is 10.6. The molecular formula is C22H20ClF3N6O2. The number of hydrogen-bond donors (Lipinski definition) is 2. The molecule has 0 radical (unpaired) electrons. The summed E-state index contributed by atoms with van der Waals surface area (Å²) in [5, 5.41) is 5.89.